The fraction of sp³-hybridized carbons (Fsp3) is 0.632. The molecular formula is C19H33IN4O3S. The van der Waals surface area contributed by atoms with Crippen molar-refractivity contribution < 1.29 is 13.2 Å². The molecule has 0 bridgehead atoms. The lowest BCUT2D eigenvalue weighted by atomic mass is 10.1. The van der Waals surface area contributed by atoms with Crippen molar-refractivity contribution in [3.63, 3.8) is 0 Å². The highest BCUT2D eigenvalue weighted by Crippen LogP contribution is 2.18. The van der Waals surface area contributed by atoms with Crippen LogP contribution >= 0.6 is 24.0 Å². The van der Waals surface area contributed by atoms with Crippen LogP contribution in [0.5, 0.6) is 5.75 Å². The van der Waals surface area contributed by atoms with Gasteiger partial charge in [-0.1, -0.05) is 18.2 Å². The fourth-order valence-corrected chi connectivity index (χ4v) is 3.92. The molecule has 7 nitrogen and oxygen atoms in total. The van der Waals surface area contributed by atoms with Gasteiger partial charge in [0.25, 0.3) is 0 Å². The molecule has 1 aromatic carbocycles. The van der Waals surface area contributed by atoms with Crippen molar-refractivity contribution in [2.24, 2.45) is 4.99 Å². The highest BCUT2D eigenvalue weighted by Gasteiger charge is 2.22. The molecule has 1 aliphatic rings. The van der Waals surface area contributed by atoms with Gasteiger partial charge in [-0.2, -0.15) is 0 Å². The molecule has 0 unspecified atom stereocenters. The Morgan fingerprint density at radius 3 is 2.50 bits per heavy atom. The minimum Gasteiger partial charge on any atom is -0.490 e. The molecular weight excluding hydrogens is 491 g/mol. The lowest BCUT2D eigenvalue weighted by Gasteiger charge is -2.34. The van der Waals surface area contributed by atoms with Gasteiger partial charge in [0, 0.05) is 53.1 Å². The maximum absolute atomic E-state index is 11.8. The van der Waals surface area contributed by atoms with Crippen molar-refractivity contribution >= 4 is 40.0 Å². The van der Waals surface area contributed by atoms with E-state index >= 15 is 0 Å². The average molecular weight is 524 g/mol. The van der Waals surface area contributed by atoms with Gasteiger partial charge in [-0.15, -0.1) is 24.0 Å². The Kier molecular flexibility index (Phi) is 11.1. The van der Waals surface area contributed by atoms with E-state index in [1.54, 1.807) is 21.0 Å². The second kappa shape index (κ2) is 12.5. The van der Waals surface area contributed by atoms with E-state index in [0.29, 0.717) is 13.1 Å². The zero-order chi connectivity index (χ0) is 19.7. The van der Waals surface area contributed by atoms with Gasteiger partial charge in [-0.25, -0.2) is 12.7 Å². The van der Waals surface area contributed by atoms with Crippen molar-refractivity contribution in [1.82, 2.24) is 14.5 Å². The molecule has 0 saturated carbocycles. The number of benzene rings is 1. The molecule has 0 spiro atoms. The topological polar surface area (TPSA) is 74.2 Å². The lowest BCUT2D eigenvalue weighted by Crippen LogP contribution is -2.48. The Hall–Kier alpha value is -1.07. The molecule has 1 aromatic rings. The first kappa shape index (κ1) is 25.0. The number of ether oxygens (including phenoxy) is 1. The van der Waals surface area contributed by atoms with E-state index < -0.39 is 10.0 Å². The summed E-state index contributed by atoms with van der Waals surface area (Å²) in [6.07, 6.45) is 2.87. The monoisotopic (exact) mass is 524 g/mol. The number of halogens is 1. The molecule has 0 radical (unpaired) electrons. The summed E-state index contributed by atoms with van der Waals surface area (Å²) in [6, 6.07) is 9.94. The SMILES string of the molecule is CCS(=O)(=O)N(C)CCCNC(=NC)N1CCC(Oc2ccccc2)CC1.I. The zero-order valence-corrected chi connectivity index (χ0v) is 20.2. The predicted molar refractivity (Wildman–Crippen MR) is 125 cm³/mol. The van der Waals surface area contributed by atoms with E-state index in [4.69, 9.17) is 4.74 Å². The van der Waals surface area contributed by atoms with E-state index in [9.17, 15) is 8.42 Å². The van der Waals surface area contributed by atoms with Gasteiger partial charge in [-0.3, -0.25) is 4.99 Å². The number of hydrogen-bond donors (Lipinski definition) is 1. The Labute approximate surface area is 186 Å². The van der Waals surface area contributed by atoms with E-state index in [1.807, 2.05) is 30.3 Å². The summed E-state index contributed by atoms with van der Waals surface area (Å²) in [5, 5.41) is 3.34. The first-order chi connectivity index (χ1) is 13.0. The van der Waals surface area contributed by atoms with Gasteiger partial charge < -0.3 is 15.0 Å². The number of sulfonamides is 1. The second-order valence-corrected chi connectivity index (χ2v) is 9.03. The minimum atomic E-state index is -3.11. The van der Waals surface area contributed by atoms with Crippen molar-refractivity contribution in [3.05, 3.63) is 30.3 Å². The summed E-state index contributed by atoms with van der Waals surface area (Å²) in [7, 11) is 0.304. The van der Waals surface area contributed by atoms with Crippen molar-refractivity contribution in [3.8, 4) is 5.75 Å². The van der Waals surface area contributed by atoms with Gasteiger partial charge in [0.05, 0.1) is 5.75 Å². The summed E-state index contributed by atoms with van der Waals surface area (Å²) in [6.45, 7) is 4.64. The summed E-state index contributed by atoms with van der Waals surface area (Å²) < 4.78 is 31.0. The van der Waals surface area contributed by atoms with Crippen molar-refractivity contribution in [1.29, 1.82) is 0 Å². The molecule has 1 heterocycles. The number of likely N-dealkylation sites (tertiary alicyclic amines) is 1. The highest BCUT2D eigenvalue weighted by molar-refractivity contribution is 14.0. The quantitative estimate of drug-likeness (QED) is 0.245. The average Bonchev–Trinajstić information content (AvgIpc) is 2.69. The zero-order valence-electron chi connectivity index (χ0n) is 17.0. The first-order valence-electron chi connectivity index (χ1n) is 9.57. The van der Waals surface area contributed by atoms with Gasteiger partial charge >= 0.3 is 0 Å². The van der Waals surface area contributed by atoms with E-state index in [0.717, 1.165) is 44.1 Å². The van der Waals surface area contributed by atoms with Crippen LogP contribution in [-0.4, -0.2) is 75.7 Å². The summed E-state index contributed by atoms with van der Waals surface area (Å²) in [5.41, 5.74) is 0. The van der Waals surface area contributed by atoms with E-state index in [1.165, 1.54) is 4.31 Å². The molecule has 160 valence electrons. The number of piperidine rings is 1. The summed E-state index contributed by atoms with van der Waals surface area (Å²) in [4.78, 5) is 6.59. The molecule has 0 atom stereocenters. The molecule has 1 aliphatic heterocycles. The predicted octanol–water partition coefficient (Wildman–Crippen LogP) is 2.39. The normalized spacial score (nSPS) is 16.0. The highest BCUT2D eigenvalue weighted by atomic mass is 127. The Bertz CT molecular complexity index is 692. The smallest absolute Gasteiger partial charge is 0.213 e. The molecule has 0 amide bonds. The largest absolute Gasteiger partial charge is 0.490 e. The number of para-hydroxylation sites is 1. The van der Waals surface area contributed by atoms with Crippen LogP contribution in [0.1, 0.15) is 26.2 Å². The molecule has 1 saturated heterocycles. The molecule has 1 N–H and O–H groups in total. The number of nitrogens with one attached hydrogen (secondary N) is 1. The van der Waals surface area contributed by atoms with Gasteiger partial charge in [0.1, 0.15) is 11.9 Å². The maximum atomic E-state index is 11.8. The van der Waals surface area contributed by atoms with Crippen molar-refractivity contribution in [2.45, 2.75) is 32.3 Å². The van der Waals surface area contributed by atoms with E-state index in [-0.39, 0.29) is 35.8 Å². The lowest BCUT2D eigenvalue weighted by molar-refractivity contribution is 0.129. The fourth-order valence-electron chi connectivity index (χ4n) is 3.07. The molecule has 2 rings (SSSR count). The molecule has 0 aliphatic carbocycles. The van der Waals surface area contributed by atoms with Crippen LogP contribution in [0.2, 0.25) is 0 Å². The number of guanidine groups is 1. The maximum Gasteiger partial charge on any atom is 0.213 e. The number of rotatable bonds is 8. The number of aliphatic imine (C=N–C) groups is 1. The van der Waals surface area contributed by atoms with Crippen LogP contribution in [0.3, 0.4) is 0 Å². The van der Waals surface area contributed by atoms with Crippen LogP contribution in [0.15, 0.2) is 35.3 Å². The summed E-state index contributed by atoms with van der Waals surface area (Å²) in [5.74, 6) is 1.93. The Morgan fingerprint density at radius 1 is 1.29 bits per heavy atom. The van der Waals surface area contributed by atoms with Crippen LogP contribution in [0.25, 0.3) is 0 Å². The van der Waals surface area contributed by atoms with Crippen molar-refractivity contribution in [2.75, 3.05) is 46.0 Å². The minimum absolute atomic E-state index is 0. The standard InChI is InChI=1S/C19H32N4O3S.HI/c1-4-27(24,25)22(3)14-8-13-21-19(20-2)23-15-11-18(12-16-23)26-17-9-6-5-7-10-17;/h5-7,9-10,18H,4,8,11-16H2,1-3H3,(H,20,21);1H. The Morgan fingerprint density at radius 2 is 1.93 bits per heavy atom. The Balaban J connectivity index is 0.00000392. The van der Waals surface area contributed by atoms with E-state index in [2.05, 4.69) is 15.2 Å². The number of hydrogen-bond acceptors (Lipinski definition) is 4. The van der Waals surface area contributed by atoms with Gasteiger partial charge in [0.15, 0.2) is 5.96 Å². The third-order valence-corrected chi connectivity index (χ3v) is 6.63. The molecule has 0 aromatic heterocycles. The molecule has 28 heavy (non-hydrogen) atoms. The van der Waals surface area contributed by atoms with Crippen LogP contribution in [-0.2, 0) is 10.0 Å². The first-order valence-corrected chi connectivity index (χ1v) is 11.2. The molecule has 1 fully saturated rings. The second-order valence-electron chi connectivity index (χ2n) is 6.67. The molecule has 9 heteroatoms. The summed E-state index contributed by atoms with van der Waals surface area (Å²) >= 11 is 0. The third-order valence-electron chi connectivity index (χ3n) is 4.77. The third kappa shape index (κ3) is 7.75. The van der Waals surface area contributed by atoms with Crippen LogP contribution < -0.4 is 10.1 Å². The van der Waals surface area contributed by atoms with Crippen LogP contribution in [0, 0.1) is 0 Å². The van der Waals surface area contributed by atoms with Crippen LogP contribution in [0.4, 0.5) is 0 Å². The number of nitrogens with zero attached hydrogens (tertiary/aromatic N) is 3. The van der Waals surface area contributed by atoms with Gasteiger partial charge in [-0.05, 0) is 25.5 Å². The van der Waals surface area contributed by atoms with Gasteiger partial charge in [0.2, 0.25) is 10.0 Å².